The lowest BCUT2D eigenvalue weighted by molar-refractivity contribution is 1.18. The monoisotopic (exact) mass is 818 g/mol. The van der Waals surface area contributed by atoms with E-state index in [4.69, 9.17) is 0 Å². The molecule has 0 unspecified atom stereocenters. The minimum absolute atomic E-state index is 1.16. The Balaban J connectivity index is 0.923. The molecule has 2 aromatic heterocycles. The van der Waals surface area contributed by atoms with Crippen molar-refractivity contribution in [3.8, 4) is 33.6 Å². The van der Waals surface area contributed by atoms with E-state index < -0.39 is 8.07 Å². The van der Waals surface area contributed by atoms with Crippen molar-refractivity contribution in [2.45, 2.75) is 0 Å². The van der Waals surface area contributed by atoms with Gasteiger partial charge in [0.05, 0.1) is 22.1 Å². The van der Waals surface area contributed by atoms with Crippen molar-refractivity contribution in [2.24, 2.45) is 0 Å². The maximum absolute atomic E-state index is 2.63. The van der Waals surface area contributed by atoms with E-state index in [1.807, 2.05) is 0 Å². The average Bonchev–Trinajstić information content (AvgIpc) is 3.88. The Morgan fingerprint density at radius 3 is 0.968 bits per heavy atom. The first kappa shape index (κ1) is 36.8. The lowest BCUT2D eigenvalue weighted by Crippen LogP contribution is -2.74. The fourth-order valence-corrected chi connectivity index (χ4v) is 15.0. The van der Waals surface area contributed by atoms with Gasteiger partial charge in [0.1, 0.15) is 0 Å². The minimum Gasteiger partial charge on any atom is -0.309 e. The molecule has 63 heavy (non-hydrogen) atoms. The highest BCUT2D eigenvalue weighted by Gasteiger charge is 2.41. The van der Waals surface area contributed by atoms with E-state index in [0.29, 0.717) is 0 Å². The normalized spacial score (nSPS) is 11.8. The van der Waals surface area contributed by atoms with E-state index in [-0.39, 0.29) is 0 Å². The van der Waals surface area contributed by atoms with Crippen molar-refractivity contribution in [3.05, 3.63) is 255 Å². The maximum atomic E-state index is 2.43. The lowest BCUT2D eigenvalue weighted by atomic mass is 9.98. The third-order valence-corrected chi connectivity index (χ3v) is 17.9. The van der Waals surface area contributed by atoms with Crippen molar-refractivity contribution in [1.82, 2.24) is 9.13 Å². The fraction of sp³-hybridized carbons (Fsp3) is 0. The van der Waals surface area contributed by atoms with Crippen molar-refractivity contribution in [2.75, 3.05) is 0 Å². The zero-order chi connectivity index (χ0) is 41.7. The quantitative estimate of drug-likeness (QED) is 0.107. The smallest absolute Gasteiger partial charge is 0.179 e. The minimum atomic E-state index is -2.63. The summed E-state index contributed by atoms with van der Waals surface area (Å²) in [5, 5.41) is 10.5. The summed E-state index contributed by atoms with van der Waals surface area (Å²) in [5.41, 5.74) is 12.0. The molecule has 0 fully saturated rings. The molecule has 12 rings (SSSR count). The van der Waals surface area contributed by atoms with Crippen molar-refractivity contribution in [3.63, 3.8) is 0 Å². The average molecular weight is 819 g/mol. The van der Waals surface area contributed by atoms with E-state index in [1.165, 1.54) is 92.3 Å². The van der Waals surface area contributed by atoms with Gasteiger partial charge in [-0.05, 0) is 104 Å². The highest BCUT2D eigenvalue weighted by atomic mass is 28.3. The van der Waals surface area contributed by atoms with Crippen LogP contribution in [0.3, 0.4) is 0 Å². The predicted molar refractivity (Wildman–Crippen MR) is 270 cm³/mol. The van der Waals surface area contributed by atoms with Crippen molar-refractivity contribution in [1.29, 1.82) is 0 Å². The summed E-state index contributed by atoms with van der Waals surface area (Å²) in [4.78, 5) is 0. The van der Waals surface area contributed by atoms with Gasteiger partial charge in [0, 0.05) is 32.9 Å². The summed E-state index contributed by atoms with van der Waals surface area (Å²) in [7, 11) is -2.63. The molecule has 0 atom stereocenters. The summed E-state index contributed by atoms with van der Waals surface area (Å²) in [5.74, 6) is 0. The molecule has 0 aliphatic heterocycles. The summed E-state index contributed by atoms with van der Waals surface area (Å²) >= 11 is 0. The fourth-order valence-electron chi connectivity index (χ4n) is 10.2. The third kappa shape index (κ3) is 6.00. The van der Waals surface area contributed by atoms with Crippen LogP contribution in [0.15, 0.2) is 255 Å². The van der Waals surface area contributed by atoms with E-state index >= 15 is 0 Å². The lowest BCUT2D eigenvalue weighted by Gasteiger charge is -2.34. The molecule has 12 aromatic rings. The van der Waals surface area contributed by atoms with Crippen LogP contribution in [-0.4, -0.2) is 17.2 Å². The molecule has 2 nitrogen and oxygen atoms in total. The zero-order valence-corrected chi connectivity index (χ0v) is 35.6. The Kier molecular flexibility index (Phi) is 8.87. The molecule has 0 saturated heterocycles. The second kappa shape index (κ2) is 15.2. The van der Waals surface area contributed by atoms with Gasteiger partial charge >= 0.3 is 0 Å². The van der Waals surface area contributed by atoms with E-state index in [9.17, 15) is 0 Å². The van der Waals surface area contributed by atoms with Crippen LogP contribution in [0.2, 0.25) is 0 Å². The molecule has 0 spiro atoms. The molecule has 0 bridgehead atoms. The van der Waals surface area contributed by atoms with Crippen LogP contribution in [0.1, 0.15) is 0 Å². The Morgan fingerprint density at radius 1 is 0.222 bits per heavy atom. The molecule has 0 radical (unpaired) electrons. The van der Waals surface area contributed by atoms with Crippen LogP contribution in [0.25, 0.3) is 77.2 Å². The number of hydrogen-bond donors (Lipinski definition) is 0. The predicted octanol–water partition coefficient (Wildman–Crippen LogP) is 12.6. The summed E-state index contributed by atoms with van der Waals surface area (Å²) < 4.78 is 4.80. The molecule has 3 heteroatoms. The standard InChI is InChI=1S/C60H42N2Si/c1-5-17-47(18-6-1)61-57-27-15-13-25-53(57)55-41-45(33-39-59(55)61)43-29-31-44(32-30-43)46-34-40-60-56(42-46)54-26-14-16-28-58(54)62(60)48-35-37-52(38-36-48)63(49-19-7-2-8-20-49,50-21-9-3-10-22-50)51-23-11-4-12-24-51/h1-42H. The van der Waals surface area contributed by atoms with Crippen molar-refractivity contribution >= 4 is 72.4 Å². The van der Waals surface area contributed by atoms with Gasteiger partial charge in [-0.2, -0.15) is 0 Å². The topological polar surface area (TPSA) is 9.86 Å². The van der Waals surface area contributed by atoms with Gasteiger partial charge in [-0.15, -0.1) is 0 Å². The molecule has 0 N–H and O–H groups in total. The number of fused-ring (bicyclic) bond motifs is 6. The van der Waals surface area contributed by atoms with Gasteiger partial charge in [-0.25, -0.2) is 0 Å². The summed E-state index contributed by atoms with van der Waals surface area (Å²) in [6.45, 7) is 0. The molecular formula is C60H42N2Si. The number of aromatic nitrogens is 2. The highest BCUT2D eigenvalue weighted by molar-refractivity contribution is 7.19. The van der Waals surface area contributed by atoms with Crippen LogP contribution in [-0.2, 0) is 0 Å². The van der Waals surface area contributed by atoms with E-state index in [1.54, 1.807) is 0 Å². The number of benzene rings is 10. The van der Waals surface area contributed by atoms with Crippen molar-refractivity contribution < 1.29 is 0 Å². The Morgan fingerprint density at radius 2 is 0.540 bits per heavy atom. The van der Waals surface area contributed by atoms with Crippen LogP contribution in [0, 0.1) is 0 Å². The number of para-hydroxylation sites is 3. The highest BCUT2D eigenvalue weighted by Crippen LogP contribution is 2.37. The first-order valence-corrected chi connectivity index (χ1v) is 23.8. The number of rotatable bonds is 8. The van der Waals surface area contributed by atoms with Gasteiger partial charge in [0.2, 0.25) is 0 Å². The molecule has 0 aliphatic carbocycles. The van der Waals surface area contributed by atoms with Gasteiger partial charge in [0.25, 0.3) is 0 Å². The molecule has 0 saturated carbocycles. The van der Waals surface area contributed by atoms with Gasteiger partial charge in [-0.1, -0.05) is 194 Å². The molecule has 296 valence electrons. The largest absolute Gasteiger partial charge is 0.309 e. The van der Waals surface area contributed by atoms with E-state index in [2.05, 4.69) is 264 Å². The zero-order valence-electron chi connectivity index (χ0n) is 34.6. The summed E-state index contributed by atoms with van der Waals surface area (Å²) in [6, 6.07) is 94.0. The van der Waals surface area contributed by atoms with Crippen LogP contribution in [0.5, 0.6) is 0 Å². The second-order valence-electron chi connectivity index (χ2n) is 16.5. The first-order valence-electron chi connectivity index (χ1n) is 21.8. The molecular weight excluding hydrogens is 777 g/mol. The Labute approximate surface area is 368 Å². The maximum Gasteiger partial charge on any atom is 0.179 e. The Bertz CT molecular complexity index is 3480. The molecule has 0 amide bonds. The number of nitrogens with zero attached hydrogens (tertiary/aromatic N) is 2. The molecule has 10 aromatic carbocycles. The molecule has 2 heterocycles. The number of hydrogen-bond acceptors (Lipinski definition) is 0. The SMILES string of the molecule is c1ccc(-n2c3ccccc3c3cc(-c4ccc(-c5ccc6c(c5)c5ccccc5n6-c5ccc([Si](c6ccccc6)(c6ccccc6)c6ccccc6)cc5)cc4)ccc32)cc1. The van der Waals surface area contributed by atoms with Crippen LogP contribution >= 0.6 is 0 Å². The van der Waals surface area contributed by atoms with E-state index in [0.717, 1.165) is 5.69 Å². The summed E-state index contributed by atoms with van der Waals surface area (Å²) in [6.07, 6.45) is 0. The van der Waals surface area contributed by atoms with Crippen LogP contribution in [0.4, 0.5) is 0 Å². The van der Waals surface area contributed by atoms with Crippen LogP contribution < -0.4 is 20.7 Å². The first-order chi connectivity index (χ1) is 31.3. The van der Waals surface area contributed by atoms with Gasteiger partial charge in [0.15, 0.2) is 8.07 Å². The van der Waals surface area contributed by atoms with Gasteiger partial charge in [-0.3, -0.25) is 0 Å². The molecule has 0 aliphatic rings. The van der Waals surface area contributed by atoms with Gasteiger partial charge < -0.3 is 9.13 Å². The second-order valence-corrected chi connectivity index (χ2v) is 20.3. The Hall–Kier alpha value is -7.98. The third-order valence-electron chi connectivity index (χ3n) is 13.1.